The van der Waals surface area contributed by atoms with E-state index in [0.29, 0.717) is 52.9 Å². The zero-order valence-corrected chi connectivity index (χ0v) is 80.9. The number of esters is 8. The van der Waals surface area contributed by atoms with Gasteiger partial charge < -0.3 is 58.3 Å². The molecular formula is C100H172N12O20. The lowest BCUT2D eigenvalue weighted by atomic mass is 10.1. The number of rotatable bonds is 0. The second-order valence-electron chi connectivity index (χ2n) is 36.7. The quantitative estimate of drug-likeness (QED) is 0.0938. The van der Waals surface area contributed by atoms with Gasteiger partial charge >= 0.3 is 47.8 Å². The van der Waals surface area contributed by atoms with Gasteiger partial charge in [-0.15, -0.1) is 20.4 Å². The first-order valence-corrected chi connectivity index (χ1v) is 52.1. The van der Waals surface area contributed by atoms with Crippen LogP contribution in [0.3, 0.4) is 0 Å². The largest absolute Gasteiger partial charge is 0.466 e. The van der Waals surface area contributed by atoms with Crippen LogP contribution >= 0.6 is 0 Å². The summed E-state index contributed by atoms with van der Waals surface area (Å²) < 4.78 is 50.4. The van der Waals surface area contributed by atoms with Crippen LogP contribution < -0.4 is 0 Å². The number of fused-ring (bicyclic) bond motifs is 8. The minimum Gasteiger partial charge on any atom is -0.466 e. The average molecular weight is 1860 g/mol. The summed E-state index contributed by atoms with van der Waals surface area (Å²) in [5.74, 6) is -4.08. The number of carbonyl (C=O) groups excluding carboxylic acids is 8. The molecule has 4 atom stereocenters. The van der Waals surface area contributed by atoms with Gasteiger partial charge in [-0.05, 0) is 128 Å². The number of hydrogen-bond acceptors (Lipinski definition) is 28. The van der Waals surface area contributed by atoms with Crippen LogP contribution in [-0.4, -0.2) is 205 Å². The number of ether oxygens (including phenoxy) is 8. The first-order chi connectivity index (χ1) is 64.5. The van der Waals surface area contributed by atoms with Crippen molar-refractivity contribution in [1.82, 2.24) is 60.0 Å². The Kier molecular flexibility index (Phi) is 69.0. The molecule has 8 bridgehead atoms. The molecule has 0 saturated carbocycles. The van der Waals surface area contributed by atoms with E-state index in [4.69, 9.17) is 37.9 Å². The van der Waals surface area contributed by atoms with Gasteiger partial charge in [-0.3, -0.25) is 57.1 Å². The molecule has 5 rings (SSSR count). The smallest absolute Gasteiger partial charge is 0.308 e. The summed E-state index contributed by atoms with van der Waals surface area (Å²) in [5.41, 5.74) is 4.07. The number of aliphatic hydroxyl groups excluding tert-OH is 4. The molecular weight excluding hydrogens is 1690 g/mol. The Morgan fingerprint density at radius 2 is 0.303 bits per heavy atom. The van der Waals surface area contributed by atoms with Crippen LogP contribution in [0.1, 0.15) is 434 Å². The number of aromatic nitrogens is 12. The molecule has 4 aromatic heterocycles. The third kappa shape index (κ3) is 66.5. The van der Waals surface area contributed by atoms with Crippen molar-refractivity contribution in [3.63, 3.8) is 0 Å². The summed E-state index contributed by atoms with van der Waals surface area (Å²) >= 11 is 0. The summed E-state index contributed by atoms with van der Waals surface area (Å²) in [6, 6.07) is 0. The summed E-state index contributed by atoms with van der Waals surface area (Å²) in [6.07, 6.45) is 62.5. The summed E-state index contributed by atoms with van der Waals surface area (Å²) in [5, 5.41) is 76.2. The summed E-state index contributed by atoms with van der Waals surface area (Å²) in [4.78, 5) is 98.6. The zero-order valence-electron chi connectivity index (χ0n) is 80.9. The monoisotopic (exact) mass is 1860 g/mol. The molecule has 0 saturated heterocycles. The molecule has 32 heteroatoms. The van der Waals surface area contributed by atoms with Gasteiger partial charge in [-0.25, -0.2) is 0 Å². The van der Waals surface area contributed by atoms with Crippen molar-refractivity contribution in [3.05, 3.63) is 47.6 Å². The van der Waals surface area contributed by atoms with Crippen LogP contribution in [0.25, 0.3) is 0 Å². The van der Waals surface area contributed by atoms with Crippen LogP contribution in [0.5, 0.6) is 0 Å². The van der Waals surface area contributed by atoms with Gasteiger partial charge in [-0.2, -0.15) is 0 Å². The highest BCUT2D eigenvalue weighted by molar-refractivity contribution is 5.75. The Morgan fingerprint density at radius 3 is 0.447 bits per heavy atom. The van der Waals surface area contributed by atoms with Crippen molar-refractivity contribution < 1.29 is 96.7 Å². The van der Waals surface area contributed by atoms with Gasteiger partial charge in [0, 0.05) is 51.0 Å². The molecule has 0 aliphatic carbocycles. The molecule has 0 amide bonds. The van der Waals surface area contributed by atoms with Crippen molar-refractivity contribution in [2.24, 2.45) is 0 Å². The number of carbonyl (C=O) groups is 8. The minimum absolute atomic E-state index is 0.236. The van der Waals surface area contributed by atoms with E-state index in [1.165, 1.54) is 0 Å². The highest BCUT2D eigenvalue weighted by Crippen LogP contribution is 2.21. The number of cyclic esters (lactones) is 8. The fourth-order valence-electron chi connectivity index (χ4n) is 16.2. The molecule has 4 N–H and O–H groups in total. The first-order valence-electron chi connectivity index (χ1n) is 52.1. The van der Waals surface area contributed by atoms with E-state index in [2.05, 4.69) is 66.0 Å². The first kappa shape index (κ1) is 115. The maximum absolute atomic E-state index is 12.3. The number of aliphatic hydroxyl groups is 4. The minimum atomic E-state index is -1.13. The standard InChI is InChI=1S/C100H172N12O20/c113-89-73-93(117)125-65-49-33-17-1-9-25-41-57-85-81-109(105-101-85)61-45-29-13-5-21-37-54-70-130-98(122)78-90(114)74-94(118)126-66-50-34-18-3-11-27-43-59-87-83-111(107-103-87)63-47-31-15-7-23-39-56-72-132-100(124)80-92(116)76-96(120)128-68-52-36-20-4-12-28-44-60-88-84-112(108-104-88)64-48-32-16-8-24-40-55-71-131-99(123)79-91(115)75-95(119)127-67-51-35-19-2-10-26-42-58-86-82-110(106-102-86)62-46-30-14-6-22-38-53-69-129-97(121)77-89/h81-84,89-92,113-116H,1-80H2. The molecule has 1 aliphatic heterocycles. The maximum Gasteiger partial charge on any atom is 0.308 e. The Hall–Kier alpha value is -7.84. The van der Waals surface area contributed by atoms with Crippen molar-refractivity contribution >= 4 is 47.8 Å². The van der Waals surface area contributed by atoms with Crippen molar-refractivity contribution in [2.45, 2.75) is 487 Å². The van der Waals surface area contributed by atoms with Crippen molar-refractivity contribution in [3.8, 4) is 0 Å². The highest BCUT2D eigenvalue weighted by atomic mass is 16.6. The van der Waals surface area contributed by atoms with E-state index in [0.717, 1.165) is 434 Å². The number of hydrogen-bond donors (Lipinski definition) is 4. The molecule has 32 nitrogen and oxygen atoms in total. The zero-order chi connectivity index (χ0) is 94.3. The molecule has 0 aromatic carbocycles. The van der Waals surface area contributed by atoms with E-state index < -0.39 is 72.2 Å². The lowest BCUT2D eigenvalue weighted by Gasteiger charge is -2.10. The molecule has 752 valence electrons. The van der Waals surface area contributed by atoms with E-state index >= 15 is 0 Å². The Labute approximate surface area is 788 Å². The van der Waals surface area contributed by atoms with Crippen molar-refractivity contribution in [1.29, 1.82) is 0 Å². The topological polar surface area (TPSA) is 414 Å². The van der Waals surface area contributed by atoms with E-state index in [-0.39, 0.29) is 51.4 Å². The van der Waals surface area contributed by atoms with Gasteiger partial charge in [0.15, 0.2) is 0 Å². The third-order valence-corrected chi connectivity index (χ3v) is 24.1. The summed E-state index contributed by atoms with van der Waals surface area (Å²) in [7, 11) is 0. The predicted octanol–water partition coefficient (Wildman–Crippen LogP) is 18.1. The van der Waals surface area contributed by atoms with Crippen LogP contribution in [0.2, 0.25) is 0 Å². The molecule has 0 fully saturated rings. The van der Waals surface area contributed by atoms with Gasteiger partial charge in [0.05, 0.1) is 151 Å². The Balaban J connectivity index is 0.850. The normalized spacial score (nSPS) is 23.0. The van der Waals surface area contributed by atoms with Gasteiger partial charge in [0.2, 0.25) is 0 Å². The molecule has 5 heterocycles. The molecule has 4 unspecified atom stereocenters. The van der Waals surface area contributed by atoms with Gasteiger partial charge in [0.1, 0.15) is 0 Å². The predicted molar refractivity (Wildman–Crippen MR) is 502 cm³/mol. The van der Waals surface area contributed by atoms with Crippen LogP contribution in [0.15, 0.2) is 24.8 Å². The van der Waals surface area contributed by atoms with E-state index in [1.54, 1.807) is 0 Å². The fraction of sp³-hybridized carbons (Fsp3) is 0.840. The summed E-state index contributed by atoms with van der Waals surface area (Å²) in [6.45, 7) is 5.73. The van der Waals surface area contributed by atoms with E-state index in [1.807, 2.05) is 18.7 Å². The molecule has 132 heavy (non-hydrogen) atoms. The molecule has 0 spiro atoms. The molecule has 4 aromatic rings. The fourth-order valence-corrected chi connectivity index (χ4v) is 16.2. The van der Waals surface area contributed by atoms with E-state index in [9.17, 15) is 58.8 Å². The van der Waals surface area contributed by atoms with Gasteiger partial charge in [0.25, 0.3) is 0 Å². The number of nitrogens with zero attached hydrogens (tertiary/aromatic N) is 12. The Morgan fingerprint density at radius 1 is 0.182 bits per heavy atom. The second kappa shape index (κ2) is 79.4. The van der Waals surface area contributed by atoms with Crippen LogP contribution in [-0.2, 0) is 128 Å². The Bertz CT molecular complexity index is 2900. The molecule has 1 aliphatic rings. The maximum atomic E-state index is 12.3. The second-order valence-corrected chi connectivity index (χ2v) is 36.7. The van der Waals surface area contributed by atoms with Crippen LogP contribution in [0, 0.1) is 0 Å². The third-order valence-electron chi connectivity index (χ3n) is 24.1. The molecule has 0 radical (unpaired) electrons. The average Bonchev–Trinajstić information content (AvgIpc) is 1.79. The van der Waals surface area contributed by atoms with Crippen LogP contribution in [0.4, 0.5) is 0 Å². The highest BCUT2D eigenvalue weighted by Gasteiger charge is 2.22. The number of aryl methyl sites for hydroxylation is 8. The lowest BCUT2D eigenvalue weighted by Crippen LogP contribution is -2.21. The SMILES string of the molecule is O=C1CC(O)CC(=O)OCCCCCCCCCn2cc(nn2)CCCCCCCCCOC(=O)CC(O)CC(=O)OCCCCCCCCCn2cc(nn2)CCCCCCCCCOC(=O)CC(O)CC(=O)OCCCCCCCCCn2cc(nn2)CCCCCCCCCOC(=O)CC(O)CC(=O)OCCCCCCCCCn2cc(nn2)CCCCCCCCCO1. The lowest BCUT2D eigenvalue weighted by molar-refractivity contribution is -0.151. The van der Waals surface area contributed by atoms with Crippen molar-refractivity contribution in [2.75, 3.05) is 52.9 Å². The van der Waals surface area contributed by atoms with Gasteiger partial charge in [-0.1, -0.05) is 278 Å².